The normalized spacial score (nSPS) is 11.8. The van der Waals surface area contributed by atoms with E-state index in [0.717, 1.165) is 6.42 Å². The predicted octanol–water partition coefficient (Wildman–Crippen LogP) is 0.514. The number of nitrogens with one attached hydrogen (secondary N) is 2. The highest BCUT2D eigenvalue weighted by Gasteiger charge is 2.05. The molecule has 1 unspecified atom stereocenters. The van der Waals surface area contributed by atoms with E-state index in [0.29, 0.717) is 19.5 Å². The number of carbonyl (C=O) groups is 1. The first-order chi connectivity index (χ1) is 6.24. The van der Waals surface area contributed by atoms with Crippen molar-refractivity contribution in [2.45, 2.75) is 32.7 Å². The molecule has 3 heteroatoms. The summed E-state index contributed by atoms with van der Waals surface area (Å²) in [5.74, 6) is 2.61. The van der Waals surface area contributed by atoms with Crippen LogP contribution in [0.2, 0.25) is 0 Å². The Hall–Kier alpha value is -1.01. The van der Waals surface area contributed by atoms with Crippen LogP contribution < -0.4 is 10.6 Å². The molecule has 0 aromatic heterocycles. The number of terminal acetylenes is 1. The highest BCUT2D eigenvalue weighted by Crippen LogP contribution is 1.94. The third kappa shape index (κ3) is 6.18. The fourth-order valence-corrected chi connectivity index (χ4v) is 1.000. The molecule has 0 aromatic rings. The van der Waals surface area contributed by atoms with E-state index in [9.17, 15) is 4.79 Å². The average Bonchev–Trinajstić information content (AvgIpc) is 2.12. The van der Waals surface area contributed by atoms with Crippen molar-refractivity contribution in [1.82, 2.24) is 10.6 Å². The maximum atomic E-state index is 11.0. The van der Waals surface area contributed by atoms with Crippen molar-refractivity contribution >= 4 is 5.91 Å². The van der Waals surface area contributed by atoms with Crippen molar-refractivity contribution in [3.8, 4) is 12.3 Å². The monoisotopic (exact) mass is 182 g/mol. The molecular weight excluding hydrogens is 164 g/mol. The molecular formula is C10H18N2O. The van der Waals surface area contributed by atoms with Gasteiger partial charge >= 0.3 is 0 Å². The molecule has 0 bridgehead atoms. The first kappa shape index (κ1) is 12.0. The zero-order valence-corrected chi connectivity index (χ0v) is 8.39. The van der Waals surface area contributed by atoms with Crippen molar-refractivity contribution < 1.29 is 4.79 Å². The van der Waals surface area contributed by atoms with Crippen LogP contribution in [0.3, 0.4) is 0 Å². The van der Waals surface area contributed by atoms with E-state index in [2.05, 4.69) is 16.6 Å². The second kappa shape index (κ2) is 7.63. The Balaban J connectivity index is 3.60. The Morgan fingerprint density at radius 2 is 2.23 bits per heavy atom. The fraction of sp³-hybridized carbons (Fsp3) is 0.700. The smallest absolute Gasteiger partial charge is 0.233 e. The van der Waals surface area contributed by atoms with Crippen molar-refractivity contribution in [2.24, 2.45) is 0 Å². The van der Waals surface area contributed by atoms with Crippen molar-refractivity contribution in [1.29, 1.82) is 0 Å². The topological polar surface area (TPSA) is 41.1 Å². The van der Waals surface area contributed by atoms with Gasteiger partial charge < -0.3 is 10.6 Å². The number of hydrogen-bond donors (Lipinski definition) is 2. The van der Waals surface area contributed by atoms with Crippen LogP contribution in [0.15, 0.2) is 0 Å². The standard InChI is InChI=1S/C10H18N2O/c1-4-7-9(5-2)12-8-10(13)11-6-3/h1,9,12H,5-8H2,2-3H3,(H,11,13). The van der Waals surface area contributed by atoms with E-state index in [-0.39, 0.29) is 11.9 Å². The molecule has 0 radical (unpaired) electrons. The average molecular weight is 182 g/mol. The van der Waals surface area contributed by atoms with E-state index in [1.54, 1.807) is 0 Å². The first-order valence-corrected chi connectivity index (χ1v) is 4.68. The molecule has 2 N–H and O–H groups in total. The second-order valence-electron chi connectivity index (χ2n) is 2.85. The number of rotatable bonds is 6. The SMILES string of the molecule is C#CCC(CC)NCC(=O)NCC. The van der Waals surface area contributed by atoms with Crippen molar-refractivity contribution in [3.63, 3.8) is 0 Å². The Morgan fingerprint density at radius 3 is 2.69 bits per heavy atom. The highest BCUT2D eigenvalue weighted by atomic mass is 16.1. The molecule has 0 fully saturated rings. The van der Waals surface area contributed by atoms with Gasteiger partial charge in [0.15, 0.2) is 0 Å². The summed E-state index contributed by atoms with van der Waals surface area (Å²) in [5, 5.41) is 5.81. The molecule has 13 heavy (non-hydrogen) atoms. The van der Waals surface area contributed by atoms with Gasteiger partial charge in [-0.1, -0.05) is 6.92 Å². The van der Waals surface area contributed by atoms with E-state index in [1.165, 1.54) is 0 Å². The van der Waals surface area contributed by atoms with Crippen LogP contribution in [0.4, 0.5) is 0 Å². The van der Waals surface area contributed by atoms with Gasteiger partial charge in [-0.2, -0.15) is 0 Å². The van der Waals surface area contributed by atoms with Crippen LogP contribution in [0.5, 0.6) is 0 Å². The van der Waals surface area contributed by atoms with Gasteiger partial charge in [-0.15, -0.1) is 12.3 Å². The van der Waals surface area contributed by atoms with Crippen molar-refractivity contribution in [2.75, 3.05) is 13.1 Å². The second-order valence-corrected chi connectivity index (χ2v) is 2.85. The Kier molecular flexibility index (Phi) is 7.04. The van der Waals surface area contributed by atoms with Gasteiger partial charge in [0.05, 0.1) is 6.54 Å². The lowest BCUT2D eigenvalue weighted by molar-refractivity contribution is -0.120. The van der Waals surface area contributed by atoms with Crippen LogP contribution in [0, 0.1) is 12.3 Å². The van der Waals surface area contributed by atoms with Gasteiger partial charge in [0.1, 0.15) is 0 Å². The molecule has 0 saturated heterocycles. The van der Waals surface area contributed by atoms with Crippen LogP contribution in [0.1, 0.15) is 26.7 Å². The summed E-state index contributed by atoms with van der Waals surface area (Å²) < 4.78 is 0. The number of hydrogen-bond acceptors (Lipinski definition) is 2. The molecule has 0 spiro atoms. The minimum atomic E-state index is 0.0259. The predicted molar refractivity (Wildman–Crippen MR) is 54.2 cm³/mol. The lowest BCUT2D eigenvalue weighted by Gasteiger charge is -2.13. The summed E-state index contributed by atoms with van der Waals surface area (Å²) in [6.45, 7) is 4.98. The summed E-state index contributed by atoms with van der Waals surface area (Å²) >= 11 is 0. The first-order valence-electron chi connectivity index (χ1n) is 4.68. The Bertz CT molecular complexity index is 184. The number of likely N-dealkylation sites (N-methyl/N-ethyl adjacent to an activating group) is 1. The summed E-state index contributed by atoms with van der Waals surface area (Å²) in [4.78, 5) is 11.0. The maximum absolute atomic E-state index is 11.0. The molecule has 0 aliphatic rings. The minimum absolute atomic E-state index is 0.0259. The zero-order valence-electron chi connectivity index (χ0n) is 8.39. The molecule has 0 saturated carbocycles. The van der Waals surface area contributed by atoms with Gasteiger partial charge in [-0.3, -0.25) is 4.79 Å². The zero-order chi connectivity index (χ0) is 10.1. The largest absolute Gasteiger partial charge is 0.355 e. The van der Waals surface area contributed by atoms with E-state index in [4.69, 9.17) is 6.42 Å². The number of carbonyl (C=O) groups excluding carboxylic acids is 1. The summed E-state index contributed by atoms with van der Waals surface area (Å²) in [6, 6.07) is 0.257. The van der Waals surface area contributed by atoms with Crippen LogP contribution in [-0.4, -0.2) is 25.0 Å². The van der Waals surface area contributed by atoms with Gasteiger partial charge in [-0.05, 0) is 13.3 Å². The Labute approximate surface area is 80.3 Å². The quantitative estimate of drug-likeness (QED) is 0.588. The molecule has 0 aromatic carbocycles. The highest BCUT2D eigenvalue weighted by molar-refractivity contribution is 5.77. The molecule has 3 nitrogen and oxygen atoms in total. The molecule has 0 aliphatic carbocycles. The van der Waals surface area contributed by atoms with Crippen LogP contribution >= 0.6 is 0 Å². The fourth-order valence-electron chi connectivity index (χ4n) is 1.000. The summed E-state index contributed by atoms with van der Waals surface area (Å²) in [6.07, 6.45) is 6.80. The van der Waals surface area contributed by atoms with Crippen LogP contribution in [-0.2, 0) is 4.79 Å². The maximum Gasteiger partial charge on any atom is 0.233 e. The molecule has 0 rings (SSSR count). The third-order valence-corrected chi connectivity index (χ3v) is 1.78. The number of amides is 1. The molecule has 1 amide bonds. The van der Waals surface area contributed by atoms with Gasteiger partial charge in [0.2, 0.25) is 5.91 Å². The third-order valence-electron chi connectivity index (χ3n) is 1.78. The van der Waals surface area contributed by atoms with Gasteiger partial charge in [-0.25, -0.2) is 0 Å². The lowest BCUT2D eigenvalue weighted by Crippen LogP contribution is -2.38. The lowest BCUT2D eigenvalue weighted by atomic mass is 10.1. The van der Waals surface area contributed by atoms with E-state index >= 15 is 0 Å². The summed E-state index contributed by atoms with van der Waals surface area (Å²) in [7, 11) is 0. The summed E-state index contributed by atoms with van der Waals surface area (Å²) in [5.41, 5.74) is 0. The van der Waals surface area contributed by atoms with Gasteiger partial charge in [0, 0.05) is 19.0 Å². The molecule has 0 aliphatic heterocycles. The molecule has 1 atom stereocenters. The van der Waals surface area contributed by atoms with Crippen molar-refractivity contribution in [3.05, 3.63) is 0 Å². The molecule has 0 heterocycles. The van der Waals surface area contributed by atoms with E-state index in [1.807, 2.05) is 13.8 Å². The van der Waals surface area contributed by atoms with E-state index < -0.39 is 0 Å². The molecule has 74 valence electrons. The minimum Gasteiger partial charge on any atom is -0.355 e. The Morgan fingerprint density at radius 1 is 1.54 bits per heavy atom. The van der Waals surface area contributed by atoms with Crippen LogP contribution in [0.25, 0.3) is 0 Å². The van der Waals surface area contributed by atoms with Gasteiger partial charge in [0.25, 0.3) is 0 Å².